The van der Waals surface area contributed by atoms with Gasteiger partial charge in [-0.3, -0.25) is 9.59 Å². The Kier molecular flexibility index (Phi) is 6.76. The number of benzene rings is 2. The number of nitrogens with zero attached hydrogens (tertiary/aromatic N) is 1. The van der Waals surface area contributed by atoms with Crippen LogP contribution in [0.15, 0.2) is 54.6 Å². The van der Waals surface area contributed by atoms with Crippen molar-refractivity contribution in [3.8, 4) is 0 Å². The minimum atomic E-state index is -0.557. The molecule has 0 bridgehead atoms. The fourth-order valence-electron chi connectivity index (χ4n) is 3.22. The highest BCUT2D eigenvalue weighted by atomic mass is 19.1. The lowest BCUT2D eigenvalue weighted by Gasteiger charge is -2.33. The molecule has 1 saturated heterocycles. The van der Waals surface area contributed by atoms with Crippen molar-refractivity contribution in [2.75, 3.05) is 13.1 Å². The van der Waals surface area contributed by atoms with Gasteiger partial charge in [0.25, 0.3) is 5.91 Å². The van der Waals surface area contributed by atoms with Gasteiger partial charge >= 0.3 is 0 Å². The van der Waals surface area contributed by atoms with E-state index in [9.17, 15) is 14.0 Å². The fourth-order valence-corrected chi connectivity index (χ4v) is 3.22. The number of carbonyl (C=O) groups is 2. The van der Waals surface area contributed by atoms with Gasteiger partial charge in [-0.1, -0.05) is 42.5 Å². The standard InChI is InChI=1S/C22H25FN2O3/c1-16(28-15-17-7-3-2-4-8-17)21(26)24-18-11-13-25(14-12-18)22(27)19-9-5-6-10-20(19)23/h2-10,16,18H,11-15H2,1H3,(H,24,26)/t16-/m0/s1. The number of rotatable bonds is 6. The van der Waals surface area contributed by atoms with Crippen molar-refractivity contribution in [3.63, 3.8) is 0 Å². The van der Waals surface area contributed by atoms with Crippen LogP contribution in [0.5, 0.6) is 0 Å². The summed E-state index contributed by atoms with van der Waals surface area (Å²) in [5, 5.41) is 2.99. The molecule has 1 aliphatic heterocycles. The summed E-state index contributed by atoms with van der Waals surface area (Å²) in [6, 6.07) is 15.7. The zero-order valence-electron chi connectivity index (χ0n) is 15.9. The molecule has 28 heavy (non-hydrogen) atoms. The Bertz CT molecular complexity index is 804. The number of nitrogens with one attached hydrogen (secondary N) is 1. The SMILES string of the molecule is C[C@H](OCc1ccccc1)C(=O)NC1CCN(C(=O)c2ccccc2F)CC1. The topological polar surface area (TPSA) is 58.6 Å². The maximum absolute atomic E-state index is 13.8. The monoisotopic (exact) mass is 384 g/mol. The predicted molar refractivity (Wildman–Crippen MR) is 104 cm³/mol. The van der Waals surface area contributed by atoms with E-state index in [1.807, 2.05) is 30.3 Å². The maximum Gasteiger partial charge on any atom is 0.256 e. The molecule has 148 valence electrons. The van der Waals surface area contributed by atoms with Gasteiger partial charge in [-0.15, -0.1) is 0 Å². The molecular formula is C22H25FN2O3. The molecular weight excluding hydrogens is 359 g/mol. The molecule has 2 aromatic rings. The minimum Gasteiger partial charge on any atom is -0.364 e. The summed E-state index contributed by atoms with van der Waals surface area (Å²) in [5.74, 6) is -0.968. The second-order valence-electron chi connectivity index (χ2n) is 6.99. The summed E-state index contributed by atoms with van der Waals surface area (Å²) in [7, 11) is 0. The van der Waals surface area contributed by atoms with Crippen LogP contribution in [0, 0.1) is 5.82 Å². The Morgan fingerprint density at radius 2 is 1.75 bits per heavy atom. The summed E-state index contributed by atoms with van der Waals surface area (Å²) in [5.41, 5.74) is 1.11. The molecule has 5 nitrogen and oxygen atoms in total. The summed E-state index contributed by atoms with van der Waals surface area (Å²) in [6.07, 6.45) is 0.715. The van der Waals surface area contributed by atoms with Crippen LogP contribution in [0.3, 0.4) is 0 Å². The van der Waals surface area contributed by atoms with Crippen LogP contribution < -0.4 is 5.32 Å². The summed E-state index contributed by atoms with van der Waals surface area (Å²) in [4.78, 5) is 26.4. The maximum atomic E-state index is 13.8. The molecule has 0 aromatic heterocycles. The lowest BCUT2D eigenvalue weighted by molar-refractivity contribution is -0.133. The number of carbonyl (C=O) groups excluding carboxylic acids is 2. The highest BCUT2D eigenvalue weighted by Gasteiger charge is 2.27. The third-order valence-electron chi connectivity index (χ3n) is 4.94. The van der Waals surface area contributed by atoms with Crippen LogP contribution in [0.4, 0.5) is 4.39 Å². The van der Waals surface area contributed by atoms with Crippen LogP contribution in [0.2, 0.25) is 0 Å². The Hall–Kier alpha value is -2.73. The first kappa shape index (κ1) is 20.0. The van der Waals surface area contributed by atoms with Crippen molar-refractivity contribution in [1.82, 2.24) is 10.2 Å². The van der Waals surface area contributed by atoms with Gasteiger partial charge in [-0.05, 0) is 37.5 Å². The van der Waals surface area contributed by atoms with Gasteiger partial charge < -0.3 is 15.0 Å². The first-order valence-electron chi connectivity index (χ1n) is 9.54. The first-order valence-corrected chi connectivity index (χ1v) is 9.54. The smallest absolute Gasteiger partial charge is 0.256 e. The van der Waals surface area contributed by atoms with E-state index in [1.165, 1.54) is 12.1 Å². The van der Waals surface area contributed by atoms with E-state index in [0.29, 0.717) is 32.5 Å². The molecule has 0 radical (unpaired) electrons. The van der Waals surface area contributed by atoms with Crippen molar-refractivity contribution in [1.29, 1.82) is 0 Å². The number of halogens is 1. The Morgan fingerprint density at radius 3 is 2.43 bits per heavy atom. The zero-order chi connectivity index (χ0) is 19.9. The van der Waals surface area contributed by atoms with E-state index in [0.717, 1.165) is 5.56 Å². The van der Waals surface area contributed by atoms with Gasteiger partial charge in [0, 0.05) is 19.1 Å². The Balaban J connectivity index is 1.44. The molecule has 1 aliphatic rings. The van der Waals surface area contributed by atoms with E-state index in [1.54, 1.807) is 24.0 Å². The van der Waals surface area contributed by atoms with Crippen LogP contribution in [0.25, 0.3) is 0 Å². The molecule has 3 rings (SSSR count). The van der Waals surface area contributed by atoms with E-state index in [-0.39, 0.29) is 23.4 Å². The third kappa shape index (κ3) is 5.16. The number of amides is 2. The zero-order valence-corrected chi connectivity index (χ0v) is 15.9. The molecule has 0 spiro atoms. The lowest BCUT2D eigenvalue weighted by Crippen LogP contribution is -2.48. The van der Waals surface area contributed by atoms with E-state index >= 15 is 0 Å². The van der Waals surface area contributed by atoms with Gasteiger partial charge in [0.15, 0.2) is 0 Å². The quantitative estimate of drug-likeness (QED) is 0.832. The minimum absolute atomic E-state index is 0.0139. The van der Waals surface area contributed by atoms with Crippen molar-refractivity contribution in [2.45, 2.75) is 38.5 Å². The number of ether oxygens (including phenoxy) is 1. The van der Waals surface area contributed by atoms with Gasteiger partial charge in [-0.2, -0.15) is 0 Å². The van der Waals surface area contributed by atoms with E-state index in [2.05, 4.69) is 5.32 Å². The van der Waals surface area contributed by atoms with Crippen molar-refractivity contribution in [2.24, 2.45) is 0 Å². The normalized spacial score (nSPS) is 15.9. The van der Waals surface area contributed by atoms with Crippen LogP contribution in [-0.2, 0) is 16.1 Å². The van der Waals surface area contributed by atoms with Crippen LogP contribution >= 0.6 is 0 Å². The number of hydrogen-bond donors (Lipinski definition) is 1. The molecule has 2 aromatic carbocycles. The van der Waals surface area contributed by atoms with Crippen molar-refractivity contribution in [3.05, 3.63) is 71.5 Å². The second-order valence-corrected chi connectivity index (χ2v) is 6.99. The highest BCUT2D eigenvalue weighted by Crippen LogP contribution is 2.16. The molecule has 0 aliphatic carbocycles. The molecule has 0 saturated carbocycles. The van der Waals surface area contributed by atoms with Gasteiger partial charge in [0.2, 0.25) is 5.91 Å². The Labute approximate surface area is 164 Å². The summed E-state index contributed by atoms with van der Waals surface area (Å²) in [6.45, 7) is 3.08. The van der Waals surface area contributed by atoms with Gasteiger partial charge in [0.05, 0.1) is 12.2 Å². The van der Waals surface area contributed by atoms with E-state index in [4.69, 9.17) is 4.74 Å². The molecule has 1 N–H and O–H groups in total. The predicted octanol–water partition coefficient (Wildman–Crippen LogP) is 3.15. The number of hydrogen-bond acceptors (Lipinski definition) is 3. The summed E-state index contributed by atoms with van der Waals surface area (Å²) < 4.78 is 19.5. The van der Waals surface area contributed by atoms with Gasteiger partial charge in [0.1, 0.15) is 11.9 Å². The third-order valence-corrected chi connectivity index (χ3v) is 4.94. The number of likely N-dealkylation sites (tertiary alicyclic amines) is 1. The number of piperidine rings is 1. The van der Waals surface area contributed by atoms with Gasteiger partial charge in [-0.25, -0.2) is 4.39 Å². The summed E-state index contributed by atoms with van der Waals surface area (Å²) >= 11 is 0. The molecule has 6 heteroatoms. The molecule has 1 heterocycles. The van der Waals surface area contributed by atoms with Crippen molar-refractivity contribution >= 4 is 11.8 Å². The molecule has 2 amide bonds. The average molecular weight is 384 g/mol. The van der Waals surface area contributed by atoms with E-state index < -0.39 is 11.9 Å². The fraction of sp³-hybridized carbons (Fsp3) is 0.364. The average Bonchev–Trinajstić information content (AvgIpc) is 2.73. The molecule has 1 fully saturated rings. The second kappa shape index (κ2) is 9.46. The largest absolute Gasteiger partial charge is 0.364 e. The van der Waals surface area contributed by atoms with Crippen LogP contribution in [-0.4, -0.2) is 41.9 Å². The van der Waals surface area contributed by atoms with Crippen LogP contribution in [0.1, 0.15) is 35.7 Å². The Morgan fingerprint density at radius 1 is 1.11 bits per heavy atom. The first-order chi connectivity index (χ1) is 13.5. The molecule has 0 unspecified atom stereocenters. The highest BCUT2D eigenvalue weighted by molar-refractivity contribution is 5.94. The lowest BCUT2D eigenvalue weighted by atomic mass is 10.0. The van der Waals surface area contributed by atoms with Crippen molar-refractivity contribution < 1.29 is 18.7 Å². The molecule has 1 atom stereocenters.